The normalized spacial score (nSPS) is 14.9. The van der Waals surface area contributed by atoms with Crippen molar-refractivity contribution in [2.75, 3.05) is 29.4 Å². The molecule has 0 atom stereocenters. The minimum absolute atomic E-state index is 0.0230. The molecule has 32 heavy (non-hydrogen) atoms. The maximum absolute atomic E-state index is 11.8. The molecule has 0 saturated heterocycles. The van der Waals surface area contributed by atoms with Crippen molar-refractivity contribution in [1.82, 2.24) is 19.9 Å². The highest BCUT2D eigenvalue weighted by Crippen LogP contribution is 2.48. The summed E-state index contributed by atoms with van der Waals surface area (Å²) in [4.78, 5) is 17.2. The van der Waals surface area contributed by atoms with Crippen LogP contribution in [0.4, 0.5) is 11.6 Å². The Morgan fingerprint density at radius 3 is 2.69 bits per heavy atom. The fourth-order valence-electron chi connectivity index (χ4n) is 3.45. The zero-order chi connectivity index (χ0) is 23.1. The van der Waals surface area contributed by atoms with Crippen LogP contribution >= 0.6 is 11.6 Å². The quantitative estimate of drug-likeness (QED) is 0.392. The molecule has 0 amide bonds. The van der Waals surface area contributed by atoms with Crippen molar-refractivity contribution >= 4 is 33.3 Å². The molecular formula is C21H26ClN7O2S. The molecule has 1 aliphatic carbocycles. The lowest BCUT2D eigenvalue weighted by molar-refractivity contribution is 0.607. The summed E-state index contributed by atoms with van der Waals surface area (Å²) in [7, 11) is -3.50. The second-order valence-corrected chi connectivity index (χ2v) is 10.5. The molecule has 1 fully saturated rings. The Hall–Kier alpha value is -2.69. The summed E-state index contributed by atoms with van der Waals surface area (Å²) in [6, 6.07) is 5.38. The number of nitrogens with two attached hydrogens (primary N) is 1. The Balaban J connectivity index is 1.88. The van der Waals surface area contributed by atoms with Gasteiger partial charge in [0.15, 0.2) is 0 Å². The van der Waals surface area contributed by atoms with Gasteiger partial charge in [-0.3, -0.25) is 4.72 Å². The molecule has 11 heteroatoms. The van der Waals surface area contributed by atoms with Crippen molar-refractivity contribution in [3.63, 3.8) is 0 Å². The number of aromatic nitrogens is 4. The Morgan fingerprint density at radius 2 is 2.03 bits per heavy atom. The molecule has 2 aromatic heterocycles. The average Bonchev–Trinajstić information content (AvgIpc) is 3.31. The predicted molar refractivity (Wildman–Crippen MR) is 127 cm³/mol. The van der Waals surface area contributed by atoms with E-state index in [4.69, 9.17) is 22.3 Å². The molecule has 0 bridgehead atoms. The van der Waals surface area contributed by atoms with E-state index in [1.54, 1.807) is 18.3 Å². The number of hydrogen-bond acceptors (Lipinski definition) is 7. The fourth-order valence-corrected chi connectivity index (χ4v) is 4.31. The lowest BCUT2D eigenvalue weighted by Gasteiger charge is -2.12. The van der Waals surface area contributed by atoms with E-state index in [-0.39, 0.29) is 10.4 Å². The minimum Gasteiger partial charge on any atom is -0.353 e. The summed E-state index contributed by atoms with van der Waals surface area (Å²) in [5, 5.41) is 3.36. The summed E-state index contributed by atoms with van der Waals surface area (Å²) in [5.74, 6) is 1.32. The third-order valence-corrected chi connectivity index (χ3v) is 6.38. The molecule has 2 heterocycles. The smallest absolute Gasteiger partial charge is 0.229 e. The number of aromatic amines is 1. The molecule has 170 valence electrons. The first-order chi connectivity index (χ1) is 15.1. The van der Waals surface area contributed by atoms with Crippen LogP contribution < -0.4 is 15.8 Å². The topological polar surface area (TPSA) is 139 Å². The van der Waals surface area contributed by atoms with Gasteiger partial charge in [-0.05, 0) is 43.5 Å². The van der Waals surface area contributed by atoms with E-state index in [0.29, 0.717) is 47.4 Å². The van der Waals surface area contributed by atoms with Crippen LogP contribution in [-0.2, 0) is 15.4 Å². The third-order valence-electron chi connectivity index (χ3n) is 5.38. The first-order valence-corrected chi connectivity index (χ1v) is 12.5. The lowest BCUT2D eigenvalue weighted by atomic mass is 10.0. The van der Waals surface area contributed by atoms with Gasteiger partial charge in [0.2, 0.25) is 16.0 Å². The zero-order valence-electron chi connectivity index (χ0n) is 18.2. The SMILES string of the molecule is Cc1cc(NS(C)(=O)=O)c(Cl)c(-c2nc(C3(C)CC3)[nH]c2-c2ccnc(NCCN)n2)c1. The van der Waals surface area contributed by atoms with Crippen LogP contribution in [0.3, 0.4) is 0 Å². The Bertz CT molecular complexity index is 1270. The van der Waals surface area contributed by atoms with E-state index in [1.807, 2.05) is 13.0 Å². The summed E-state index contributed by atoms with van der Waals surface area (Å²) >= 11 is 6.68. The summed E-state index contributed by atoms with van der Waals surface area (Å²) in [5.41, 5.74) is 9.28. The van der Waals surface area contributed by atoms with E-state index in [0.717, 1.165) is 30.5 Å². The number of imidazole rings is 1. The van der Waals surface area contributed by atoms with Crippen molar-refractivity contribution in [1.29, 1.82) is 0 Å². The lowest BCUT2D eigenvalue weighted by Crippen LogP contribution is -2.14. The predicted octanol–water partition coefficient (Wildman–Crippen LogP) is 3.29. The fraction of sp³-hybridized carbons (Fsp3) is 0.381. The van der Waals surface area contributed by atoms with Gasteiger partial charge in [0.05, 0.1) is 34.0 Å². The van der Waals surface area contributed by atoms with Crippen LogP contribution in [0.5, 0.6) is 0 Å². The number of aryl methyl sites for hydroxylation is 1. The number of H-pyrrole nitrogens is 1. The van der Waals surface area contributed by atoms with Gasteiger partial charge >= 0.3 is 0 Å². The molecule has 3 aromatic rings. The molecule has 0 radical (unpaired) electrons. The van der Waals surface area contributed by atoms with Crippen molar-refractivity contribution in [3.8, 4) is 22.6 Å². The molecule has 4 rings (SSSR count). The highest BCUT2D eigenvalue weighted by molar-refractivity contribution is 7.92. The Labute approximate surface area is 192 Å². The summed E-state index contributed by atoms with van der Waals surface area (Å²) < 4.78 is 26.2. The Morgan fingerprint density at radius 1 is 1.28 bits per heavy atom. The highest BCUT2D eigenvalue weighted by atomic mass is 35.5. The van der Waals surface area contributed by atoms with Gasteiger partial charge in [-0.1, -0.05) is 18.5 Å². The molecule has 1 aliphatic rings. The molecule has 9 nitrogen and oxygen atoms in total. The van der Waals surface area contributed by atoms with Crippen LogP contribution in [0.2, 0.25) is 5.02 Å². The van der Waals surface area contributed by atoms with E-state index >= 15 is 0 Å². The highest BCUT2D eigenvalue weighted by Gasteiger charge is 2.42. The van der Waals surface area contributed by atoms with Gasteiger partial charge in [0, 0.05) is 30.3 Å². The van der Waals surface area contributed by atoms with Crippen LogP contribution in [-0.4, -0.2) is 47.7 Å². The molecule has 1 aromatic carbocycles. The van der Waals surface area contributed by atoms with Gasteiger partial charge in [-0.15, -0.1) is 0 Å². The Kier molecular flexibility index (Phi) is 5.87. The maximum atomic E-state index is 11.8. The van der Waals surface area contributed by atoms with Gasteiger partial charge in [0.25, 0.3) is 0 Å². The number of rotatable bonds is 8. The number of benzene rings is 1. The van der Waals surface area contributed by atoms with Crippen molar-refractivity contribution in [3.05, 3.63) is 40.8 Å². The van der Waals surface area contributed by atoms with E-state index < -0.39 is 10.0 Å². The van der Waals surface area contributed by atoms with E-state index in [2.05, 4.69) is 31.9 Å². The number of hydrogen-bond donors (Lipinski definition) is 4. The van der Waals surface area contributed by atoms with Crippen molar-refractivity contribution in [2.24, 2.45) is 5.73 Å². The number of anilines is 2. The summed E-state index contributed by atoms with van der Waals surface area (Å²) in [6.07, 6.45) is 4.83. The molecule has 0 unspecified atom stereocenters. The second-order valence-electron chi connectivity index (χ2n) is 8.40. The molecule has 1 saturated carbocycles. The monoisotopic (exact) mass is 475 g/mol. The first-order valence-electron chi connectivity index (χ1n) is 10.3. The maximum Gasteiger partial charge on any atom is 0.229 e. The number of halogens is 1. The van der Waals surface area contributed by atoms with Gasteiger partial charge < -0.3 is 16.0 Å². The third kappa shape index (κ3) is 4.72. The number of nitrogens with zero attached hydrogens (tertiary/aromatic N) is 3. The van der Waals surface area contributed by atoms with Crippen LogP contribution in [0.15, 0.2) is 24.4 Å². The van der Waals surface area contributed by atoms with Crippen LogP contribution in [0.1, 0.15) is 31.2 Å². The van der Waals surface area contributed by atoms with Crippen LogP contribution in [0, 0.1) is 6.92 Å². The van der Waals surface area contributed by atoms with Gasteiger partial charge in [-0.2, -0.15) is 0 Å². The molecular weight excluding hydrogens is 450 g/mol. The minimum atomic E-state index is -3.50. The first kappa shape index (κ1) is 22.5. The standard InChI is InChI=1S/C21H26ClN7O2S/c1-12-10-13(16(22)15(11-12)29-32(3,30)31)17-18(28-19(27-17)21(2)5-6-21)14-4-8-24-20(26-14)25-9-7-23/h4,8,10-11,29H,5-7,9,23H2,1-3H3,(H,27,28)(H,24,25,26). The number of nitrogens with one attached hydrogen (secondary N) is 3. The van der Waals surface area contributed by atoms with E-state index in [1.165, 1.54) is 0 Å². The average molecular weight is 476 g/mol. The molecule has 0 spiro atoms. The van der Waals surface area contributed by atoms with Gasteiger partial charge in [0.1, 0.15) is 5.82 Å². The zero-order valence-corrected chi connectivity index (χ0v) is 19.7. The van der Waals surface area contributed by atoms with Crippen molar-refractivity contribution in [2.45, 2.75) is 32.1 Å². The van der Waals surface area contributed by atoms with E-state index in [9.17, 15) is 8.42 Å². The van der Waals surface area contributed by atoms with Crippen LogP contribution in [0.25, 0.3) is 22.6 Å². The number of sulfonamides is 1. The van der Waals surface area contributed by atoms with Gasteiger partial charge in [-0.25, -0.2) is 23.4 Å². The second kappa shape index (κ2) is 8.34. The van der Waals surface area contributed by atoms with Crippen molar-refractivity contribution < 1.29 is 8.42 Å². The largest absolute Gasteiger partial charge is 0.353 e. The molecule has 0 aliphatic heterocycles. The molecule has 5 N–H and O–H groups in total. The summed E-state index contributed by atoms with van der Waals surface area (Å²) in [6.45, 7) is 5.04.